The highest BCUT2D eigenvalue weighted by atomic mass is 16.5. The van der Waals surface area contributed by atoms with Gasteiger partial charge in [0, 0.05) is 7.11 Å². The zero-order chi connectivity index (χ0) is 13.0. The fraction of sp³-hybridized carbons (Fsp3) is 0.812. The zero-order valence-electron chi connectivity index (χ0n) is 12.1. The number of hydrogen-bond donors (Lipinski definition) is 0. The second-order valence-electron chi connectivity index (χ2n) is 5.33. The van der Waals surface area contributed by atoms with E-state index < -0.39 is 0 Å². The van der Waals surface area contributed by atoms with Crippen LogP contribution in [0.15, 0.2) is 12.2 Å². The number of unbranched alkanes of at least 4 members (excludes halogenated alkanes) is 8. The van der Waals surface area contributed by atoms with Crippen molar-refractivity contribution in [3.05, 3.63) is 19.1 Å². The molecular formula is C16H31O. The number of allylic oxidation sites excluding steroid dienone is 1. The summed E-state index contributed by atoms with van der Waals surface area (Å²) in [5.41, 5.74) is -0.103. The van der Waals surface area contributed by atoms with Gasteiger partial charge < -0.3 is 4.74 Å². The molecule has 1 radical (unpaired) electrons. The lowest BCUT2D eigenvalue weighted by Crippen LogP contribution is -2.18. The average molecular weight is 239 g/mol. The number of rotatable bonds is 11. The van der Waals surface area contributed by atoms with Gasteiger partial charge >= 0.3 is 0 Å². The van der Waals surface area contributed by atoms with Crippen molar-refractivity contribution in [2.45, 2.75) is 77.2 Å². The first-order valence-corrected chi connectivity index (χ1v) is 7.14. The van der Waals surface area contributed by atoms with Crippen molar-refractivity contribution < 1.29 is 4.74 Å². The molecule has 0 fully saturated rings. The number of methoxy groups -OCH3 is 1. The highest BCUT2D eigenvalue weighted by Gasteiger charge is 2.09. The molecule has 0 heterocycles. The third-order valence-electron chi connectivity index (χ3n) is 3.17. The molecule has 0 rings (SSSR count). The molecule has 0 N–H and O–H groups in total. The van der Waals surface area contributed by atoms with Gasteiger partial charge in [0.15, 0.2) is 0 Å². The Morgan fingerprint density at radius 1 is 0.941 bits per heavy atom. The molecule has 0 saturated carbocycles. The van der Waals surface area contributed by atoms with Crippen LogP contribution >= 0.6 is 0 Å². The topological polar surface area (TPSA) is 9.23 Å². The number of hydrogen-bond acceptors (Lipinski definition) is 1. The van der Waals surface area contributed by atoms with Crippen molar-refractivity contribution in [1.29, 1.82) is 0 Å². The molecule has 0 aliphatic rings. The molecule has 0 aromatic heterocycles. The molecule has 0 aliphatic heterocycles. The minimum Gasteiger partial charge on any atom is -0.375 e. The summed E-state index contributed by atoms with van der Waals surface area (Å²) < 4.78 is 5.33. The van der Waals surface area contributed by atoms with Gasteiger partial charge in [-0.1, -0.05) is 64.0 Å². The fourth-order valence-electron chi connectivity index (χ4n) is 1.76. The lowest BCUT2D eigenvalue weighted by molar-refractivity contribution is 0.0653. The number of ether oxygens (including phenoxy) is 1. The summed E-state index contributed by atoms with van der Waals surface area (Å²) in [5.74, 6) is 0. The van der Waals surface area contributed by atoms with E-state index in [1.807, 2.05) is 0 Å². The van der Waals surface area contributed by atoms with Gasteiger partial charge in [0.25, 0.3) is 0 Å². The van der Waals surface area contributed by atoms with Crippen LogP contribution < -0.4 is 0 Å². The largest absolute Gasteiger partial charge is 0.375 e. The molecule has 0 aromatic rings. The normalized spacial score (nSPS) is 12.5. The Kier molecular flexibility index (Phi) is 10.6. The maximum absolute atomic E-state index is 5.33. The molecule has 0 amide bonds. The maximum atomic E-state index is 5.33. The maximum Gasteiger partial charge on any atom is 0.0802 e. The molecule has 0 saturated heterocycles. The van der Waals surface area contributed by atoms with Crippen molar-refractivity contribution in [2.24, 2.45) is 0 Å². The Balaban J connectivity index is 3.24. The Labute approximate surface area is 109 Å². The van der Waals surface area contributed by atoms with Gasteiger partial charge in [-0.3, -0.25) is 0 Å². The Morgan fingerprint density at radius 3 is 2.00 bits per heavy atom. The first-order chi connectivity index (χ1) is 8.12. The monoisotopic (exact) mass is 239 g/mol. The van der Waals surface area contributed by atoms with E-state index in [9.17, 15) is 0 Å². The van der Waals surface area contributed by atoms with Gasteiger partial charge in [-0.15, -0.1) is 0 Å². The fourth-order valence-corrected chi connectivity index (χ4v) is 1.76. The summed E-state index contributed by atoms with van der Waals surface area (Å²) in [5, 5.41) is 0. The molecule has 1 heteroatoms. The van der Waals surface area contributed by atoms with Crippen molar-refractivity contribution in [3.63, 3.8) is 0 Å². The van der Waals surface area contributed by atoms with Gasteiger partial charge in [-0.2, -0.15) is 0 Å². The summed E-state index contributed by atoms with van der Waals surface area (Å²) in [4.78, 5) is 0. The molecule has 0 aliphatic carbocycles. The van der Waals surface area contributed by atoms with Gasteiger partial charge in [-0.25, -0.2) is 0 Å². The zero-order valence-corrected chi connectivity index (χ0v) is 12.1. The Morgan fingerprint density at radius 2 is 1.47 bits per heavy atom. The van der Waals surface area contributed by atoms with Crippen molar-refractivity contribution in [2.75, 3.05) is 7.11 Å². The summed E-state index contributed by atoms with van der Waals surface area (Å²) >= 11 is 0. The Hall–Kier alpha value is -0.300. The molecule has 0 atom stereocenters. The first-order valence-electron chi connectivity index (χ1n) is 7.14. The van der Waals surface area contributed by atoms with E-state index in [0.29, 0.717) is 0 Å². The highest BCUT2D eigenvalue weighted by Crippen LogP contribution is 2.12. The van der Waals surface area contributed by atoms with Crippen LogP contribution in [-0.4, -0.2) is 12.7 Å². The lowest BCUT2D eigenvalue weighted by atomic mass is 10.1. The third kappa shape index (κ3) is 12.0. The quantitative estimate of drug-likeness (QED) is 0.350. The molecule has 0 unspecified atom stereocenters. The van der Waals surface area contributed by atoms with Gasteiger partial charge in [0.05, 0.1) is 5.60 Å². The predicted octanol–water partition coefficient (Wildman–Crippen LogP) is 5.31. The average Bonchev–Trinajstić information content (AvgIpc) is 2.31. The Bertz CT molecular complexity index is 182. The van der Waals surface area contributed by atoms with Crippen molar-refractivity contribution in [3.8, 4) is 0 Å². The molecule has 1 nitrogen and oxygen atoms in total. The smallest absolute Gasteiger partial charge is 0.0802 e. The van der Waals surface area contributed by atoms with Gasteiger partial charge in [0.2, 0.25) is 0 Å². The predicted molar refractivity (Wildman–Crippen MR) is 77.1 cm³/mol. The summed E-state index contributed by atoms with van der Waals surface area (Å²) in [6.45, 7) is 8.04. The van der Waals surface area contributed by atoms with E-state index in [1.165, 1.54) is 51.4 Å². The van der Waals surface area contributed by atoms with Crippen molar-refractivity contribution in [1.82, 2.24) is 0 Å². The minimum atomic E-state index is -0.103. The van der Waals surface area contributed by atoms with Crippen LogP contribution in [0.4, 0.5) is 0 Å². The lowest BCUT2D eigenvalue weighted by Gasteiger charge is -2.17. The van der Waals surface area contributed by atoms with E-state index in [4.69, 9.17) is 4.74 Å². The standard InChI is InChI=1S/C16H31O/c1-5-6-7-8-9-10-11-12-13-14-15-16(2,3)17-4/h14-15H,1,5-13H2,2-4H3. The summed E-state index contributed by atoms with van der Waals surface area (Å²) in [6, 6.07) is 0. The molecular weight excluding hydrogens is 208 g/mol. The van der Waals surface area contributed by atoms with Crippen LogP contribution in [0.5, 0.6) is 0 Å². The SMILES string of the molecule is [CH2]CCCCCCCCCC=CC(C)(C)OC. The van der Waals surface area contributed by atoms with E-state index in [2.05, 4.69) is 32.9 Å². The summed E-state index contributed by atoms with van der Waals surface area (Å²) in [6.07, 6.45) is 16.2. The minimum absolute atomic E-state index is 0.103. The molecule has 101 valence electrons. The summed E-state index contributed by atoms with van der Waals surface area (Å²) in [7, 11) is 1.76. The van der Waals surface area contributed by atoms with Crippen LogP contribution in [-0.2, 0) is 4.74 Å². The van der Waals surface area contributed by atoms with Gasteiger partial charge in [-0.05, 0) is 26.7 Å². The molecule has 17 heavy (non-hydrogen) atoms. The highest BCUT2D eigenvalue weighted by molar-refractivity contribution is 4.96. The third-order valence-corrected chi connectivity index (χ3v) is 3.17. The second kappa shape index (κ2) is 10.8. The van der Waals surface area contributed by atoms with Crippen LogP contribution in [0, 0.1) is 6.92 Å². The van der Waals surface area contributed by atoms with E-state index in [0.717, 1.165) is 6.42 Å². The molecule has 0 spiro atoms. The van der Waals surface area contributed by atoms with Crippen LogP contribution in [0.3, 0.4) is 0 Å². The van der Waals surface area contributed by atoms with Gasteiger partial charge in [0.1, 0.15) is 0 Å². The second-order valence-corrected chi connectivity index (χ2v) is 5.33. The molecule has 0 aromatic carbocycles. The molecule has 0 bridgehead atoms. The first kappa shape index (κ1) is 16.7. The van der Waals surface area contributed by atoms with Crippen LogP contribution in [0.2, 0.25) is 0 Å². The van der Waals surface area contributed by atoms with E-state index in [-0.39, 0.29) is 5.60 Å². The van der Waals surface area contributed by atoms with Crippen molar-refractivity contribution >= 4 is 0 Å². The van der Waals surface area contributed by atoms with Crippen LogP contribution in [0.1, 0.15) is 71.6 Å². The van der Waals surface area contributed by atoms with E-state index in [1.54, 1.807) is 7.11 Å². The van der Waals surface area contributed by atoms with E-state index >= 15 is 0 Å². The van der Waals surface area contributed by atoms with Crippen LogP contribution in [0.25, 0.3) is 0 Å².